The third-order valence-corrected chi connectivity index (χ3v) is 3.46. The second-order valence-electron chi connectivity index (χ2n) is 5.31. The van der Waals surface area contributed by atoms with Gasteiger partial charge in [0.25, 0.3) is 0 Å². The number of nitrogens with zero attached hydrogens (tertiary/aromatic N) is 3. The van der Waals surface area contributed by atoms with E-state index in [0.717, 1.165) is 37.0 Å². The fourth-order valence-electron chi connectivity index (χ4n) is 2.13. The number of halogens is 2. The van der Waals surface area contributed by atoms with Crippen LogP contribution in [0.25, 0.3) is 0 Å². The average molecular weight is 325 g/mol. The molecule has 0 bridgehead atoms. The minimum atomic E-state index is -0.911. The van der Waals surface area contributed by atoms with E-state index >= 15 is 0 Å². The van der Waals surface area contributed by atoms with E-state index in [2.05, 4.69) is 17.1 Å². The Morgan fingerprint density at radius 1 is 1.00 bits per heavy atom. The van der Waals surface area contributed by atoms with Crippen LogP contribution in [0.2, 0.25) is 0 Å². The molecule has 24 heavy (non-hydrogen) atoms. The molecule has 0 unspecified atom stereocenters. The van der Waals surface area contributed by atoms with Gasteiger partial charge < -0.3 is 0 Å². The first-order valence-corrected chi connectivity index (χ1v) is 7.68. The van der Waals surface area contributed by atoms with Crippen molar-refractivity contribution in [3.8, 4) is 6.07 Å². The van der Waals surface area contributed by atoms with Crippen molar-refractivity contribution in [2.24, 2.45) is 10.2 Å². The molecule has 0 amide bonds. The molecule has 0 aliphatic carbocycles. The highest BCUT2D eigenvalue weighted by molar-refractivity contribution is 5.82. The van der Waals surface area contributed by atoms with Gasteiger partial charge in [-0.15, -0.1) is 0 Å². The van der Waals surface area contributed by atoms with Gasteiger partial charge in [-0.1, -0.05) is 37.6 Å². The van der Waals surface area contributed by atoms with Crippen LogP contribution >= 0.6 is 0 Å². The van der Waals surface area contributed by atoms with Gasteiger partial charge in [0.2, 0.25) is 0 Å². The summed E-state index contributed by atoms with van der Waals surface area (Å²) in [6, 6.07) is 11.6. The van der Waals surface area contributed by atoms with Crippen molar-refractivity contribution < 1.29 is 8.78 Å². The van der Waals surface area contributed by atoms with Crippen molar-refractivity contribution in [1.82, 2.24) is 0 Å². The average Bonchev–Trinajstić information content (AvgIpc) is 2.58. The van der Waals surface area contributed by atoms with Gasteiger partial charge in [-0.2, -0.15) is 15.5 Å². The zero-order valence-electron chi connectivity index (χ0n) is 13.3. The van der Waals surface area contributed by atoms with E-state index in [1.807, 2.05) is 24.3 Å². The fourth-order valence-corrected chi connectivity index (χ4v) is 2.13. The molecule has 0 aliphatic rings. The molecule has 0 heterocycles. The molecular weight excluding hydrogens is 308 g/mol. The number of hydrogen-bond acceptors (Lipinski definition) is 3. The Bertz CT molecular complexity index is 764. The van der Waals surface area contributed by atoms with Gasteiger partial charge >= 0.3 is 0 Å². The first kappa shape index (κ1) is 17.5. The highest BCUT2D eigenvalue weighted by Gasteiger charge is 2.09. The molecule has 2 aromatic carbocycles. The number of aryl methyl sites for hydroxylation is 1. The minimum Gasteiger partial charge on any atom is -0.205 e. The Labute approximate surface area is 140 Å². The Morgan fingerprint density at radius 2 is 1.58 bits per heavy atom. The van der Waals surface area contributed by atoms with Crippen LogP contribution in [0.5, 0.6) is 0 Å². The summed E-state index contributed by atoms with van der Waals surface area (Å²) in [7, 11) is 0. The Balaban J connectivity index is 2.01. The summed E-state index contributed by atoms with van der Waals surface area (Å²) in [6.07, 6.45) is 6.18. The number of nitriles is 1. The zero-order valence-corrected chi connectivity index (χ0v) is 13.3. The molecule has 0 N–H and O–H groups in total. The normalized spacial score (nSPS) is 11.2. The molecule has 2 aromatic rings. The van der Waals surface area contributed by atoms with Crippen LogP contribution in [-0.2, 0) is 6.42 Å². The number of benzene rings is 2. The first-order valence-electron chi connectivity index (χ1n) is 7.68. The smallest absolute Gasteiger partial charge is 0.144 e. The van der Waals surface area contributed by atoms with E-state index < -0.39 is 17.2 Å². The molecule has 0 saturated heterocycles. The van der Waals surface area contributed by atoms with Crippen molar-refractivity contribution in [1.29, 1.82) is 5.26 Å². The third-order valence-electron chi connectivity index (χ3n) is 3.46. The molecule has 3 nitrogen and oxygen atoms in total. The van der Waals surface area contributed by atoms with Gasteiger partial charge in [-0.25, -0.2) is 8.78 Å². The van der Waals surface area contributed by atoms with E-state index in [9.17, 15) is 8.78 Å². The van der Waals surface area contributed by atoms with Gasteiger partial charge in [0.1, 0.15) is 23.3 Å². The van der Waals surface area contributed by atoms with Gasteiger partial charge in [-0.05, 0) is 36.1 Å². The van der Waals surface area contributed by atoms with E-state index in [1.54, 1.807) is 6.21 Å². The van der Waals surface area contributed by atoms with Crippen LogP contribution in [0.1, 0.15) is 42.0 Å². The molecule has 0 fully saturated rings. The molecule has 0 atom stereocenters. The van der Waals surface area contributed by atoms with Crippen molar-refractivity contribution in [2.45, 2.75) is 26.2 Å². The first-order chi connectivity index (χ1) is 11.6. The van der Waals surface area contributed by atoms with Gasteiger partial charge in [-0.3, -0.25) is 0 Å². The van der Waals surface area contributed by atoms with Crippen molar-refractivity contribution in [3.63, 3.8) is 0 Å². The summed E-state index contributed by atoms with van der Waals surface area (Å²) in [5.41, 5.74) is 1.78. The quantitative estimate of drug-likeness (QED) is 0.564. The van der Waals surface area contributed by atoms with E-state index in [4.69, 9.17) is 5.26 Å². The maximum Gasteiger partial charge on any atom is 0.144 e. The molecule has 122 valence electrons. The Morgan fingerprint density at radius 3 is 2.12 bits per heavy atom. The van der Waals surface area contributed by atoms with Crippen molar-refractivity contribution in [3.05, 3.63) is 70.3 Å². The fraction of sp³-hybridized carbons (Fsp3) is 0.211. The SMILES string of the molecule is CCCCc1ccc(/C=N/N=C/c2cc(F)c(C#N)c(F)c2)cc1. The van der Waals surface area contributed by atoms with Crippen LogP contribution < -0.4 is 0 Å². The maximum absolute atomic E-state index is 13.4. The summed E-state index contributed by atoms with van der Waals surface area (Å²) in [4.78, 5) is 0. The largest absolute Gasteiger partial charge is 0.205 e. The monoisotopic (exact) mass is 325 g/mol. The lowest BCUT2D eigenvalue weighted by molar-refractivity contribution is 0.576. The van der Waals surface area contributed by atoms with Crippen LogP contribution in [0.4, 0.5) is 8.78 Å². The minimum absolute atomic E-state index is 0.205. The predicted molar refractivity (Wildman–Crippen MR) is 91.3 cm³/mol. The number of hydrogen-bond donors (Lipinski definition) is 0. The Hall–Kier alpha value is -2.87. The van der Waals surface area contributed by atoms with Crippen LogP contribution in [-0.4, -0.2) is 12.4 Å². The summed E-state index contributed by atoms with van der Waals surface area (Å²) in [5, 5.41) is 16.3. The topological polar surface area (TPSA) is 48.5 Å². The number of rotatable bonds is 6. The van der Waals surface area contributed by atoms with Crippen LogP contribution in [0.15, 0.2) is 46.6 Å². The van der Waals surface area contributed by atoms with E-state index in [0.29, 0.717) is 0 Å². The van der Waals surface area contributed by atoms with Crippen molar-refractivity contribution >= 4 is 12.4 Å². The van der Waals surface area contributed by atoms with E-state index in [1.165, 1.54) is 17.8 Å². The zero-order chi connectivity index (χ0) is 17.4. The standard InChI is InChI=1S/C19H17F2N3/c1-2-3-4-14-5-7-15(8-6-14)12-23-24-13-16-9-18(20)17(11-22)19(21)10-16/h5-10,12-13H,2-4H2,1H3/b23-12+,24-13+. The van der Waals surface area contributed by atoms with Crippen molar-refractivity contribution in [2.75, 3.05) is 0 Å². The van der Waals surface area contributed by atoms with Gasteiger partial charge in [0, 0.05) is 5.56 Å². The second-order valence-corrected chi connectivity index (χ2v) is 5.31. The third kappa shape index (κ3) is 4.82. The van der Waals surface area contributed by atoms with Gasteiger partial charge in [0.15, 0.2) is 0 Å². The van der Waals surface area contributed by atoms with Crippen LogP contribution in [0, 0.1) is 23.0 Å². The molecule has 5 heteroatoms. The lowest BCUT2D eigenvalue weighted by atomic mass is 10.1. The lowest BCUT2D eigenvalue weighted by Crippen LogP contribution is -1.93. The predicted octanol–water partition coefficient (Wildman–Crippen LogP) is 4.63. The molecule has 0 aliphatic heterocycles. The second kappa shape index (κ2) is 8.68. The summed E-state index contributed by atoms with van der Waals surface area (Å²) in [5.74, 6) is -1.82. The molecule has 0 saturated carbocycles. The molecule has 0 radical (unpaired) electrons. The highest BCUT2D eigenvalue weighted by Crippen LogP contribution is 2.13. The molecular formula is C19H17F2N3. The Kier molecular flexibility index (Phi) is 6.32. The number of unbranched alkanes of at least 4 members (excludes halogenated alkanes) is 1. The maximum atomic E-state index is 13.4. The molecule has 0 aromatic heterocycles. The van der Waals surface area contributed by atoms with Gasteiger partial charge in [0.05, 0.1) is 12.4 Å². The highest BCUT2D eigenvalue weighted by atomic mass is 19.1. The van der Waals surface area contributed by atoms with E-state index in [-0.39, 0.29) is 5.56 Å². The molecule has 2 rings (SSSR count). The lowest BCUT2D eigenvalue weighted by Gasteiger charge is -1.99. The summed E-state index contributed by atoms with van der Waals surface area (Å²) in [6.45, 7) is 2.16. The summed E-state index contributed by atoms with van der Waals surface area (Å²) < 4.78 is 26.9. The van der Waals surface area contributed by atoms with Crippen LogP contribution in [0.3, 0.4) is 0 Å². The summed E-state index contributed by atoms with van der Waals surface area (Å²) >= 11 is 0. The molecule has 0 spiro atoms.